The molecule has 1 amide bonds. The molecule has 5 rings (SSSR count). The number of H-pyrrole nitrogens is 1. The van der Waals surface area contributed by atoms with Crippen LogP contribution in [0.4, 0.5) is 4.39 Å². The van der Waals surface area contributed by atoms with Crippen molar-refractivity contribution in [2.45, 2.75) is 57.5 Å². The topological polar surface area (TPSA) is 71.4 Å². The third-order valence-electron chi connectivity index (χ3n) is 7.19. The average molecular weight is 436 g/mol. The van der Waals surface area contributed by atoms with Crippen molar-refractivity contribution >= 4 is 16.8 Å². The minimum atomic E-state index is -0.396. The monoisotopic (exact) mass is 435 g/mol. The van der Waals surface area contributed by atoms with E-state index in [1.165, 1.54) is 25.3 Å². The third-order valence-corrected chi connectivity index (χ3v) is 7.19. The number of hydrogen-bond acceptors (Lipinski definition) is 3. The molecule has 2 aromatic carbocycles. The van der Waals surface area contributed by atoms with Crippen molar-refractivity contribution in [3.63, 3.8) is 0 Å². The first-order chi connectivity index (χ1) is 15.5. The van der Waals surface area contributed by atoms with Crippen LogP contribution in [0, 0.1) is 12.7 Å². The molecule has 5 nitrogen and oxygen atoms in total. The Morgan fingerprint density at radius 2 is 2.09 bits per heavy atom. The van der Waals surface area contributed by atoms with E-state index in [9.17, 15) is 9.18 Å². The Morgan fingerprint density at radius 3 is 2.84 bits per heavy atom. The number of carbonyl (C=O) groups excluding carboxylic acids is 1. The predicted molar refractivity (Wildman–Crippen MR) is 124 cm³/mol. The first-order valence-electron chi connectivity index (χ1n) is 11.6. The number of primary amides is 1. The molecule has 3 aromatic rings. The van der Waals surface area contributed by atoms with Crippen molar-refractivity contribution in [3.05, 3.63) is 64.6 Å². The lowest BCUT2D eigenvalue weighted by atomic mass is 9.87. The molecule has 1 fully saturated rings. The minimum absolute atomic E-state index is 0.201. The van der Waals surface area contributed by atoms with Gasteiger partial charge in [0.25, 0.3) is 0 Å². The Hall–Kier alpha value is -2.86. The summed E-state index contributed by atoms with van der Waals surface area (Å²) in [5.41, 5.74) is 10.4. The second kappa shape index (κ2) is 8.58. The Morgan fingerprint density at radius 1 is 1.25 bits per heavy atom. The number of aryl methyl sites for hydroxylation is 2. The molecule has 1 aliphatic heterocycles. The molecule has 3 N–H and O–H groups in total. The average Bonchev–Trinajstić information content (AvgIpc) is 3.13. The molecule has 168 valence electrons. The van der Waals surface area contributed by atoms with Gasteiger partial charge in [0, 0.05) is 40.3 Å². The molecule has 32 heavy (non-hydrogen) atoms. The number of carbonyl (C=O) groups is 1. The quantitative estimate of drug-likeness (QED) is 0.574. The van der Waals surface area contributed by atoms with E-state index in [0.29, 0.717) is 18.2 Å². The van der Waals surface area contributed by atoms with Gasteiger partial charge in [0.2, 0.25) is 5.91 Å². The van der Waals surface area contributed by atoms with Crippen LogP contribution in [0.15, 0.2) is 36.5 Å². The first-order valence-corrected chi connectivity index (χ1v) is 11.6. The molecule has 1 aromatic heterocycles. The van der Waals surface area contributed by atoms with Crippen LogP contribution in [-0.4, -0.2) is 41.0 Å². The van der Waals surface area contributed by atoms with E-state index in [1.54, 1.807) is 12.1 Å². The second-order valence-electron chi connectivity index (χ2n) is 9.20. The Labute approximate surface area is 187 Å². The molecule has 1 aliphatic carbocycles. The van der Waals surface area contributed by atoms with Crippen molar-refractivity contribution in [3.8, 4) is 5.75 Å². The van der Waals surface area contributed by atoms with E-state index >= 15 is 0 Å². The van der Waals surface area contributed by atoms with E-state index in [0.717, 1.165) is 59.2 Å². The molecular weight excluding hydrogens is 405 g/mol. The lowest BCUT2D eigenvalue weighted by molar-refractivity contribution is 0.0432. The van der Waals surface area contributed by atoms with Gasteiger partial charge in [-0.3, -0.25) is 9.69 Å². The maximum Gasteiger partial charge on any atom is 0.249 e. The van der Waals surface area contributed by atoms with Crippen LogP contribution >= 0.6 is 0 Å². The van der Waals surface area contributed by atoms with Crippen LogP contribution in [0.1, 0.15) is 52.7 Å². The summed E-state index contributed by atoms with van der Waals surface area (Å²) in [5, 5.41) is 0.969. The van der Waals surface area contributed by atoms with Gasteiger partial charge in [-0.05, 0) is 81.0 Å². The van der Waals surface area contributed by atoms with Crippen LogP contribution in [0.2, 0.25) is 0 Å². The molecule has 0 bridgehead atoms. The fourth-order valence-corrected chi connectivity index (χ4v) is 5.26. The maximum absolute atomic E-state index is 13.7. The van der Waals surface area contributed by atoms with Gasteiger partial charge in [0.15, 0.2) is 0 Å². The molecule has 1 atom stereocenters. The lowest BCUT2D eigenvalue weighted by Gasteiger charge is -2.44. The van der Waals surface area contributed by atoms with E-state index in [2.05, 4.69) is 9.88 Å². The number of fused-ring (bicyclic) bond motifs is 2. The summed E-state index contributed by atoms with van der Waals surface area (Å²) in [6.07, 6.45) is 8.33. The summed E-state index contributed by atoms with van der Waals surface area (Å²) in [6.45, 7) is 3.59. The van der Waals surface area contributed by atoms with Crippen LogP contribution in [0.25, 0.3) is 10.9 Å². The van der Waals surface area contributed by atoms with Gasteiger partial charge in [-0.2, -0.15) is 0 Å². The Kier molecular flexibility index (Phi) is 5.64. The number of benzene rings is 2. The normalized spacial score (nSPS) is 18.4. The highest BCUT2D eigenvalue weighted by molar-refractivity contribution is 5.95. The maximum atomic E-state index is 13.7. The SMILES string of the molecule is Cc1ccc(C(N)=O)c2c1OC[C@H](N(CCCc1c[nH]c3ccc(F)cc13)C1CCC1)C2. The Bertz CT molecular complexity index is 1150. The summed E-state index contributed by atoms with van der Waals surface area (Å²) >= 11 is 0. The third kappa shape index (κ3) is 3.88. The first kappa shape index (κ1) is 21.0. The largest absolute Gasteiger partial charge is 0.491 e. The minimum Gasteiger partial charge on any atom is -0.491 e. The number of nitrogens with two attached hydrogens (primary N) is 1. The van der Waals surface area contributed by atoms with Gasteiger partial charge in [-0.15, -0.1) is 0 Å². The molecule has 0 spiro atoms. The number of aromatic nitrogens is 1. The van der Waals surface area contributed by atoms with Crippen molar-refractivity contribution in [2.24, 2.45) is 5.73 Å². The van der Waals surface area contributed by atoms with Crippen LogP contribution < -0.4 is 10.5 Å². The molecule has 2 aliphatic rings. The number of nitrogens with one attached hydrogen (secondary N) is 1. The van der Waals surface area contributed by atoms with Crippen molar-refractivity contribution in [1.82, 2.24) is 9.88 Å². The summed E-state index contributed by atoms with van der Waals surface area (Å²) in [5.74, 6) is 0.229. The predicted octanol–water partition coefficient (Wildman–Crippen LogP) is 4.51. The van der Waals surface area contributed by atoms with Gasteiger partial charge in [-0.25, -0.2) is 4.39 Å². The molecule has 2 heterocycles. The number of rotatable bonds is 7. The fourth-order valence-electron chi connectivity index (χ4n) is 5.26. The zero-order valence-corrected chi connectivity index (χ0v) is 18.5. The number of halogens is 1. The molecule has 0 unspecified atom stereocenters. The number of ether oxygens (including phenoxy) is 1. The number of aromatic amines is 1. The highest BCUT2D eigenvalue weighted by Gasteiger charge is 2.34. The standard InChI is InChI=1S/C26H30FN3O2/c1-16-7-9-21(26(28)31)23-13-20(15-32-25(16)23)30(19-5-2-6-19)11-3-4-17-14-29-24-10-8-18(27)12-22(17)24/h7-10,12,14,19-20,29H,2-6,11,13,15H2,1H3,(H2,28,31)/t20-/m1/s1. The lowest BCUT2D eigenvalue weighted by Crippen LogP contribution is -2.51. The molecule has 6 heteroatoms. The number of nitrogens with zero attached hydrogens (tertiary/aromatic N) is 1. The van der Waals surface area contributed by atoms with Gasteiger partial charge >= 0.3 is 0 Å². The zero-order chi connectivity index (χ0) is 22.2. The zero-order valence-electron chi connectivity index (χ0n) is 18.5. The van der Waals surface area contributed by atoms with Crippen molar-refractivity contribution in [2.75, 3.05) is 13.2 Å². The highest BCUT2D eigenvalue weighted by Crippen LogP contribution is 2.36. The van der Waals surface area contributed by atoms with E-state index in [4.69, 9.17) is 10.5 Å². The van der Waals surface area contributed by atoms with E-state index < -0.39 is 5.91 Å². The number of hydrogen-bond donors (Lipinski definition) is 2. The molecule has 1 saturated carbocycles. The van der Waals surface area contributed by atoms with Crippen LogP contribution in [0.5, 0.6) is 5.75 Å². The van der Waals surface area contributed by atoms with Gasteiger partial charge < -0.3 is 15.5 Å². The second-order valence-corrected chi connectivity index (χ2v) is 9.20. The van der Waals surface area contributed by atoms with Gasteiger partial charge in [-0.1, -0.05) is 12.5 Å². The molecule has 0 saturated heterocycles. The molecule has 0 radical (unpaired) electrons. The summed E-state index contributed by atoms with van der Waals surface area (Å²) in [7, 11) is 0. The highest BCUT2D eigenvalue weighted by atomic mass is 19.1. The van der Waals surface area contributed by atoms with E-state index in [-0.39, 0.29) is 11.9 Å². The Balaban J connectivity index is 1.32. The van der Waals surface area contributed by atoms with Crippen LogP contribution in [0.3, 0.4) is 0 Å². The summed E-state index contributed by atoms with van der Waals surface area (Å²) in [4.78, 5) is 17.8. The van der Waals surface area contributed by atoms with E-state index in [1.807, 2.05) is 25.3 Å². The smallest absolute Gasteiger partial charge is 0.249 e. The van der Waals surface area contributed by atoms with Crippen LogP contribution in [-0.2, 0) is 12.8 Å². The summed E-state index contributed by atoms with van der Waals surface area (Å²) < 4.78 is 19.9. The van der Waals surface area contributed by atoms with Gasteiger partial charge in [0.1, 0.15) is 18.2 Å². The van der Waals surface area contributed by atoms with Crippen molar-refractivity contribution < 1.29 is 13.9 Å². The summed E-state index contributed by atoms with van der Waals surface area (Å²) in [6, 6.07) is 9.43. The number of amides is 1. The fraction of sp³-hybridized carbons (Fsp3) is 0.423. The van der Waals surface area contributed by atoms with Gasteiger partial charge in [0.05, 0.1) is 0 Å². The molecular formula is C26H30FN3O2. The van der Waals surface area contributed by atoms with Crippen molar-refractivity contribution in [1.29, 1.82) is 0 Å².